The molecule has 6 nitrogen and oxygen atoms in total. The van der Waals surface area contributed by atoms with E-state index in [-0.39, 0.29) is 18.1 Å². The summed E-state index contributed by atoms with van der Waals surface area (Å²) in [6, 6.07) is 7.03. The third-order valence-electron chi connectivity index (χ3n) is 4.50. The second-order valence-electron chi connectivity index (χ2n) is 8.07. The van der Waals surface area contributed by atoms with Crippen molar-refractivity contribution in [2.45, 2.75) is 64.3 Å². The van der Waals surface area contributed by atoms with Crippen molar-refractivity contribution < 1.29 is 24.1 Å². The number of methoxy groups -OCH3 is 1. The van der Waals surface area contributed by atoms with Crippen LogP contribution in [0.15, 0.2) is 24.3 Å². The Labute approximate surface area is 158 Å². The molecule has 1 aromatic rings. The van der Waals surface area contributed by atoms with E-state index in [2.05, 4.69) is 39.2 Å². The molecule has 2 rings (SSSR count). The number of ether oxygens (including phenoxy) is 2. The predicted octanol–water partition coefficient (Wildman–Crippen LogP) is 2.28. The highest BCUT2D eigenvalue weighted by Gasteiger charge is 2.46. The number of hydrogen-bond donors (Lipinski definition) is 3. The van der Waals surface area contributed by atoms with Crippen molar-refractivity contribution in [3.05, 3.63) is 24.3 Å². The fourth-order valence-corrected chi connectivity index (χ4v) is 4.15. The van der Waals surface area contributed by atoms with Crippen LogP contribution in [0.4, 0.5) is 5.69 Å². The van der Waals surface area contributed by atoms with Crippen molar-refractivity contribution in [2.75, 3.05) is 19.0 Å². The quantitative estimate of drug-likeness (QED) is 0.655. The second kappa shape index (κ2) is 8.71. The van der Waals surface area contributed by atoms with Gasteiger partial charge in [-0.2, -0.15) is 0 Å². The molecule has 0 saturated carbocycles. The van der Waals surface area contributed by atoms with Crippen LogP contribution >= 0.6 is 0 Å². The maximum absolute atomic E-state index is 10.7. The SMILES string of the molecule is COc1cccc(NC2COC(C(O[Si](C)C)C(C)(C)C)C(O)C2O)c1. The maximum Gasteiger partial charge on any atom is 0.205 e. The molecule has 3 N–H and O–H groups in total. The summed E-state index contributed by atoms with van der Waals surface area (Å²) >= 11 is 0. The summed E-state index contributed by atoms with van der Waals surface area (Å²) in [4.78, 5) is 0. The molecule has 0 aliphatic carbocycles. The van der Waals surface area contributed by atoms with Crippen molar-refractivity contribution in [2.24, 2.45) is 5.41 Å². The van der Waals surface area contributed by atoms with Crippen LogP contribution in [0.5, 0.6) is 5.75 Å². The summed E-state index contributed by atoms with van der Waals surface area (Å²) < 4.78 is 17.3. The minimum atomic E-state index is -1.03. The van der Waals surface area contributed by atoms with Gasteiger partial charge in [0, 0.05) is 11.8 Å². The normalized spacial score (nSPS) is 28.0. The summed E-state index contributed by atoms with van der Waals surface area (Å²) in [7, 11) is 0.631. The third-order valence-corrected chi connectivity index (χ3v) is 5.23. The lowest BCUT2D eigenvalue weighted by atomic mass is 9.81. The molecule has 0 amide bonds. The molecule has 1 radical (unpaired) electrons. The van der Waals surface area contributed by atoms with Gasteiger partial charge < -0.3 is 29.4 Å². The Morgan fingerprint density at radius 3 is 2.50 bits per heavy atom. The van der Waals surface area contributed by atoms with Crippen molar-refractivity contribution in [1.29, 1.82) is 0 Å². The van der Waals surface area contributed by atoms with Gasteiger partial charge in [-0.05, 0) is 30.6 Å². The van der Waals surface area contributed by atoms with Gasteiger partial charge in [-0.25, -0.2) is 0 Å². The Bertz CT molecular complexity index is 577. The molecule has 1 aliphatic rings. The lowest BCUT2D eigenvalue weighted by molar-refractivity contribution is -0.186. The molecule has 1 aliphatic heterocycles. The summed E-state index contributed by atoms with van der Waals surface area (Å²) in [5, 5.41) is 24.6. The van der Waals surface area contributed by atoms with Crippen LogP contribution in [-0.4, -0.2) is 63.4 Å². The monoisotopic (exact) mass is 382 g/mol. The van der Waals surface area contributed by atoms with Crippen LogP contribution in [-0.2, 0) is 9.16 Å². The zero-order valence-corrected chi connectivity index (χ0v) is 17.5. The van der Waals surface area contributed by atoms with Crippen molar-refractivity contribution in [3.63, 3.8) is 0 Å². The summed E-state index contributed by atoms with van der Waals surface area (Å²) in [6.07, 6.45) is -2.84. The molecule has 1 fully saturated rings. The van der Waals surface area contributed by atoms with Gasteiger partial charge >= 0.3 is 0 Å². The van der Waals surface area contributed by atoms with Gasteiger partial charge in [-0.1, -0.05) is 26.8 Å². The highest BCUT2D eigenvalue weighted by Crippen LogP contribution is 2.32. The average Bonchev–Trinajstić information content (AvgIpc) is 2.57. The van der Waals surface area contributed by atoms with Gasteiger partial charge in [0.05, 0.1) is 25.9 Å². The standard InChI is InChI=1S/C19H32NO5Si/c1-19(2,3)18(25-26(5)6)17-16(22)15(21)14(11-24-17)20-12-8-7-9-13(10-12)23-4/h7-10,14-18,20-22H,11H2,1-6H3. The first-order chi connectivity index (χ1) is 12.1. The van der Waals surface area contributed by atoms with E-state index in [9.17, 15) is 10.2 Å². The zero-order chi connectivity index (χ0) is 19.5. The summed E-state index contributed by atoms with van der Waals surface area (Å²) in [6.45, 7) is 10.6. The van der Waals surface area contributed by atoms with Gasteiger partial charge in [0.25, 0.3) is 0 Å². The van der Waals surface area contributed by atoms with Crippen LogP contribution < -0.4 is 10.1 Å². The number of rotatable bonds is 6. The third kappa shape index (κ3) is 5.20. The Hall–Kier alpha value is -1.12. The summed E-state index contributed by atoms with van der Waals surface area (Å²) in [5.41, 5.74) is 0.597. The first-order valence-corrected chi connectivity index (χ1v) is 11.4. The maximum atomic E-state index is 10.7. The van der Waals surface area contributed by atoms with Gasteiger partial charge in [0.15, 0.2) is 0 Å². The Balaban J connectivity index is 2.10. The largest absolute Gasteiger partial charge is 0.497 e. The number of hydrogen-bond acceptors (Lipinski definition) is 6. The minimum absolute atomic E-state index is 0.208. The summed E-state index contributed by atoms with van der Waals surface area (Å²) in [5.74, 6) is 0.724. The molecular weight excluding hydrogens is 350 g/mol. The van der Waals surface area contributed by atoms with E-state index < -0.39 is 33.4 Å². The van der Waals surface area contributed by atoms with Crippen LogP contribution in [0.25, 0.3) is 0 Å². The lowest BCUT2D eigenvalue weighted by Crippen LogP contribution is -2.61. The molecular formula is C19H32NO5Si. The van der Waals surface area contributed by atoms with Gasteiger partial charge in [0.1, 0.15) is 24.1 Å². The Kier molecular flexibility index (Phi) is 7.10. The molecule has 5 unspecified atom stereocenters. The number of benzene rings is 1. The fraction of sp³-hybridized carbons (Fsp3) is 0.684. The molecule has 26 heavy (non-hydrogen) atoms. The molecule has 0 spiro atoms. The van der Waals surface area contributed by atoms with E-state index in [1.165, 1.54) is 0 Å². The molecule has 1 saturated heterocycles. The topological polar surface area (TPSA) is 80.2 Å². The Morgan fingerprint density at radius 2 is 1.92 bits per heavy atom. The minimum Gasteiger partial charge on any atom is -0.497 e. The van der Waals surface area contributed by atoms with Gasteiger partial charge in [-0.3, -0.25) is 0 Å². The van der Waals surface area contributed by atoms with Crippen molar-refractivity contribution in [1.82, 2.24) is 0 Å². The van der Waals surface area contributed by atoms with E-state index in [1.54, 1.807) is 7.11 Å². The number of aliphatic hydroxyl groups excluding tert-OH is 2. The highest BCUT2D eigenvalue weighted by atomic mass is 28.3. The molecule has 1 aromatic carbocycles. The lowest BCUT2D eigenvalue weighted by Gasteiger charge is -2.45. The molecule has 1 heterocycles. The van der Waals surface area contributed by atoms with Gasteiger partial charge in [0.2, 0.25) is 9.04 Å². The van der Waals surface area contributed by atoms with E-state index in [1.807, 2.05) is 24.3 Å². The van der Waals surface area contributed by atoms with Crippen LogP contribution in [0.2, 0.25) is 13.1 Å². The number of nitrogens with one attached hydrogen (secondary N) is 1. The van der Waals surface area contributed by atoms with E-state index >= 15 is 0 Å². The highest BCUT2D eigenvalue weighted by molar-refractivity contribution is 6.48. The van der Waals surface area contributed by atoms with E-state index in [4.69, 9.17) is 13.9 Å². The van der Waals surface area contributed by atoms with E-state index in [0.717, 1.165) is 11.4 Å². The van der Waals surface area contributed by atoms with Crippen molar-refractivity contribution >= 4 is 14.7 Å². The number of aliphatic hydroxyl groups is 2. The molecule has 5 atom stereocenters. The predicted molar refractivity (Wildman–Crippen MR) is 104 cm³/mol. The smallest absolute Gasteiger partial charge is 0.205 e. The number of anilines is 1. The van der Waals surface area contributed by atoms with Gasteiger partial charge in [-0.15, -0.1) is 0 Å². The first kappa shape index (κ1) is 21.2. The fourth-order valence-electron chi connectivity index (χ4n) is 3.16. The molecule has 147 valence electrons. The molecule has 0 aromatic heterocycles. The molecule has 7 heteroatoms. The van der Waals surface area contributed by atoms with Crippen LogP contribution in [0.1, 0.15) is 20.8 Å². The van der Waals surface area contributed by atoms with Crippen molar-refractivity contribution in [3.8, 4) is 5.75 Å². The van der Waals surface area contributed by atoms with Crippen LogP contribution in [0.3, 0.4) is 0 Å². The zero-order valence-electron chi connectivity index (χ0n) is 16.5. The van der Waals surface area contributed by atoms with Crippen LogP contribution in [0, 0.1) is 5.41 Å². The molecule has 0 bridgehead atoms. The average molecular weight is 383 g/mol. The first-order valence-electron chi connectivity index (χ1n) is 8.98. The van der Waals surface area contributed by atoms with E-state index in [0.29, 0.717) is 0 Å². The Morgan fingerprint density at radius 1 is 1.23 bits per heavy atom. The second-order valence-corrected chi connectivity index (χ2v) is 10.1.